The van der Waals surface area contributed by atoms with Crippen molar-refractivity contribution in [3.8, 4) is 0 Å². The molecule has 3 N–H and O–H groups in total. The van der Waals surface area contributed by atoms with Crippen LogP contribution in [0.4, 0.5) is 0 Å². The molecule has 4 aliphatic rings. The molecule has 4 bridgehead atoms. The fourth-order valence-corrected chi connectivity index (χ4v) is 5.67. The van der Waals surface area contributed by atoms with E-state index in [0.29, 0.717) is 11.8 Å². The molecule has 4 rings (SSSR count). The van der Waals surface area contributed by atoms with Gasteiger partial charge in [-0.1, -0.05) is 0 Å². The highest BCUT2D eigenvalue weighted by Crippen LogP contribution is 2.65. The van der Waals surface area contributed by atoms with Crippen LogP contribution in [0.25, 0.3) is 0 Å². The number of carbonyl (C=O) groups is 1. The van der Waals surface area contributed by atoms with E-state index in [1.165, 1.54) is 19.3 Å². The van der Waals surface area contributed by atoms with Crippen molar-refractivity contribution in [2.45, 2.75) is 63.0 Å². The van der Waals surface area contributed by atoms with Crippen LogP contribution in [0.3, 0.4) is 0 Å². The van der Waals surface area contributed by atoms with Crippen LogP contribution in [0, 0.1) is 17.3 Å². The number of carboxylic acids is 1. The molecule has 4 nitrogen and oxygen atoms in total. The van der Waals surface area contributed by atoms with E-state index in [1.54, 1.807) is 6.92 Å². The first-order chi connectivity index (χ1) is 8.80. The molecule has 4 saturated carbocycles. The third-order valence-corrected chi connectivity index (χ3v) is 6.23. The fraction of sp³-hybridized carbons (Fsp3) is 0.933. The zero-order valence-corrected chi connectivity index (χ0v) is 11.9. The quantitative estimate of drug-likeness (QED) is 0.726. The summed E-state index contributed by atoms with van der Waals surface area (Å²) in [6, 6.07) is 0. The Bertz CT molecular complexity index is 390. The summed E-state index contributed by atoms with van der Waals surface area (Å²) in [5, 5.41) is 23.4. The molecule has 4 aliphatic carbocycles. The van der Waals surface area contributed by atoms with Crippen molar-refractivity contribution in [2.75, 3.05) is 7.05 Å². The molecule has 0 amide bonds. The van der Waals surface area contributed by atoms with E-state index in [4.69, 9.17) is 5.11 Å². The number of hydrogen-bond acceptors (Lipinski definition) is 3. The summed E-state index contributed by atoms with van der Waals surface area (Å²) in [4.78, 5) is 11.1. The van der Waals surface area contributed by atoms with E-state index in [9.17, 15) is 9.90 Å². The zero-order chi connectivity index (χ0) is 13.9. The van der Waals surface area contributed by atoms with Crippen molar-refractivity contribution < 1.29 is 15.0 Å². The molecule has 0 radical (unpaired) electrons. The lowest BCUT2D eigenvalue weighted by Crippen LogP contribution is -2.66. The minimum absolute atomic E-state index is 0.133. The van der Waals surface area contributed by atoms with Gasteiger partial charge >= 0.3 is 5.97 Å². The van der Waals surface area contributed by atoms with Crippen LogP contribution in [-0.2, 0) is 4.79 Å². The number of carboxylic acid groups (broad SMARTS) is 1. The molecule has 0 aromatic rings. The molecule has 108 valence electrons. The summed E-state index contributed by atoms with van der Waals surface area (Å²) in [6.07, 6.45) is 6.49. The lowest BCUT2D eigenvalue weighted by atomic mass is 9.43. The van der Waals surface area contributed by atoms with Gasteiger partial charge in [-0.15, -0.1) is 0 Å². The molecular formula is C15H25NO3. The van der Waals surface area contributed by atoms with Crippen molar-refractivity contribution >= 4 is 5.97 Å². The van der Waals surface area contributed by atoms with Crippen LogP contribution < -0.4 is 5.32 Å². The molecule has 0 aromatic carbocycles. The Hall–Kier alpha value is -0.610. The highest BCUT2D eigenvalue weighted by Gasteiger charge is 2.63. The molecule has 0 heterocycles. The van der Waals surface area contributed by atoms with Gasteiger partial charge in [0.15, 0.2) is 0 Å². The summed E-state index contributed by atoms with van der Waals surface area (Å²) < 4.78 is 0. The lowest BCUT2D eigenvalue weighted by molar-refractivity contribution is -0.191. The average Bonchev–Trinajstić information content (AvgIpc) is 2.25. The number of aliphatic carboxylic acids is 1. The van der Waals surface area contributed by atoms with E-state index in [-0.39, 0.29) is 17.4 Å². The Morgan fingerprint density at radius 1 is 1.32 bits per heavy atom. The van der Waals surface area contributed by atoms with Gasteiger partial charge in [-0.25, -0.2) is 0 Å². The molecular weight excluding hydrogens is 242 g/mol. The van der Waals surface area contributed by atoms with Crippen molar-refractivity contribution in [1.29, 1.82) is 0 Å². The van der Waals surface area contributed by atoms with Gasteiger partial charge in [0.1, 0.15) is 0 Å². The van der Waals surface area contributed by atoms with Gasteiger partial charge in [-0.3, -0.25) is 4.79 Å². The second-order valence-corrected chi connectivity index (χ2v) is 7.62. The minimum atomic E-state index is -1.08. The summed E-state index contributed by atoms with van der Waals surface area (Å²) >= 11 is 0. The fourth-order valence-electron chi connectivity index (χ4n) is 5.67. The average molecular weight is 267 g/mol. The molecule has 4 fully saturated rings. The van der Waals surface area contributed by atoms with Crippen LogP contribution in [-0.4, -0.2) is 34.4 Å². The Balaban J connectivity index is 1.94. The Morgan fingerprint density at radius 2 is 1.89 bits per heavy atom. The molecule has 0 spiro atoms. The Labute approximate surface area is 114 Å². The maximum atomic E-state index is 11.1. The number of aliphatic hydroxyl groups is 1. The monoisotopic (exact) mass is 267 g/mol. The van der Waals surface area contributed by atoms with Gasteiger partial charge in [0.05, 0.1) is 12.0 Å². The second-order valence-electron chi connectivity index (χ2n) is 7.62. The van der Waals surface area contributed by atoms with Gasteiger partial charge in [-0.05, 0) is 64.3 Å². The van der Waals surface area contributed by atoms with Crippen LogP contribution in [0.15, 0.2) is 0 Å². The van der Waals surface area contributed by atoms with E-state index in [1.807, 2.05) is 7.05 Å². The van der Waals surface area contributed by atoms with E-state index in [2.05, 4.69) is 5.32 Å². The standard InChI is InChI=1S/C15H25NO3/c1-13(19,8-12(17)18)14-4-10-3-11(5-14)7-15(6-10,9-14)16-2/h10-11,16,19H,3-9H2,1-2H3,(H,17,18). The molecule has 0 saturated heterocycles. The lowest BCUT2D eigenvalue weighted by Gasteiger charge is -2.65. The molecule has 4 heteroatoms. The van der Waals surface area contributed by atoms with Crippen molar-refractivity contribution in [3.63, 3.8) is 0 Å². The van der Waals surface area contributed by atoms with E-state index in [0.717, 1.165) is 19.3 Å². The van der Waals surface area contributed by atoms with Crippen LogP contribution in [0.5, 0.6) is 0 Å². The van der Waals surface area contributed by atoms with E-state index >= 15 is 0 Å². The van der Waals surface area contributed by atoms with Gasteiger partial charge in [0, 0.05) is 11.0 Å². The minimum Gasteiger partial charge on any atom is -0.481 e. The van der Waals surface area contributed by atoms with Crippen molar-refractivity contribution in [3.05, 3.63) is 0 Å². The maximum absolute atomic E-state index is 11.1. The van der Waals surface area contributed by atoms with Gasteiger partial charge < -0.3 is 15.5 Å². The zero-order valence-electron chi connectivity index (χ0n) is 11.9. The third-order valence-electron chi connectivity index (χ3n) is 6.23. The predicted molar refractivity (Wildman–Crippen MR) is 71.8 cm³/mol. The predicted octanol–water partition coefficient (Wildman–Crippen LogP) is 1.77. The topological polar surface area (TPSA) is 69.6 Å². The molecule has 3 unspecified atom stereocenters. The van der Waals surface area contributed by atoms with Gasteiger partial charge in [0.2, 0.25) is 0 Å². The summed E-state index contributed by atoms with van der Waals surface area (Å²) in [5.74, 6) is 0.433. The largest absolute Gasteiger partial charge is 0.481 e. The second kappa shape index (κ2) is 3.95. The number of rotatable bonds is 4. The summed E-state index contributed by atoms with van der Waals surface area (Å²) in [7, 11) is 2.02. The normalized spacial score (nSPS) is 47.1. The van der Waals surface area contributed by atoms with Crippen LogP contribution in [0.1, 0.15) is 51.9 Å². The van der Waals surface area contributed by atoms with Gasteiger partial charge in [-0.2, -0.15) is 0 Å². The van der Waals surface area contributed by atoms with Crippen LogP contribution >= 0.6 is 0 Å². The molecule has 3 atom stereocenters. The Morgan fingerprint density at radius 3 is 2.37 bits per heavy atom. The van der Waals surface area contributed by atoms with Crippen molar-refractivity contribution in [1.82, 2.24) is 5.32 Å². The SMILES string of the molecule is CNC12CC3CC(C1)CC(C(C)(O)CC(=O)O)(C3)C2. The van der Waals surface area contributed by atoms with Crippen molar-refractivity contribution in [2.24, 2.45) is 17.3 Å². The molecule has 19 heavy (non-hydrogen) atoms. The summed E-state index contributed by atoms with van der Waals surface area (Å²) in [6.45, 7) is 1.75. The first-order valence-corrected chi connectivity index (χ1v) is 7.43. The van der Waals surface area contributed by atoms with Gasteiger partial charge in [0.25, 0.3) is 0 Å². The van der Waals surface area contributed by atoms with Crippen LogP contribution in [0.2, 0.25) is 0 Å². The smallest absolute Gasteiger partial charge is 0.306 e. The first-order valence-electron chi connectivity index (χ1n) is 7.43. The summed E-state index contributed by atoms with van der Waals surface area (Å²) in [5.41, 5.74) is -1.14. The third kappa shape index (κ3) is 1.91. The molecule has 0 aliphatic heterocycles. The number of hydrogen-bond donors (Lipinski definition) is 3. The Kier molecular flexibility index (Phi) is 2.78. The van der Waals surface area contributed by atoms with E-state index < -0.39 is 11.6 Å². The maximum Gasteiger partial charge on any atom is 0.306 e. The first kappa shape index (κ1) is 13.4. The highest BCUT2D eigenvalue weighted by molar-refractivity contribution is 5.68. The molecule has 0 aromatic heterocycles. The number of nitrogens with one attached hydrogen (secondary N) is 1. The highest BCUT2D eigenvalue weighted by atomic mass is 16.4.